The molecule has 0 amide bonds. The van der Waals surface area contributed by atoms with Gasteiger partial charge in [-0.25, -0.2) is 4.98 Å². The number of nitrogens with one attached hydrogen (secondary N) is 1. The van der Waals surface area contributed by atoms with Crippen LogP contribution in [0.25, 0.3) is 0 Å². The lowest BCUT2D eigenvalue weighted by Gasteiger charge is -2.19. The van der Waals surface area contributed by atoms with E-state index in [1.54, 1.807) is 11.3 Å². The number of hydrogen-bond donors (Lipinski definition) is 1. The Labute approximate surface area is 102 Å². The summed E-state index contributed by atoms with van der Waals surface area (Å²) in [6, 6.07) is 1.45. The normalized spacial score (nSPS) is 25.5. The Morgan fingerprint density at radius 1 is 1.50 bits per heavy atom. The molecule has 1 aromatic heterocycles. The molecule has 1 aliphatic rings. The highest BCUT2D eigenvalue weighted by Crippen LogP contribution is 2.23. The minimum absolute atomic E-state index is 0.689. The molecular weight excluding hydrogens is 218 g/mol. The van der Waals surface area contributed by atoms with Gasteiger partial charge in [-0.05, 0) is 40.3 Å². The van der Waals surface area contributed by atoms with Crippen LogP contribution in [0.5, 0.6) is 0 Å². The van der Waals surface area contributed by atoms with Crippen molar-refractivity contribution in [3.05, 3.63) is 16.1 Å². The summed E-state index contributed by atoms with van der Waals surface area (Å²) in [6.45, 7) is 3.08. The quantitative estimate of drug-likeness (QED) is 0.871. The zero-order chi connectivity index (χ0) is 11.5. The lowest BCUT2D eigenvalue weighted by molar-refractivity contribution is 0.293. The first-order chi connectivity index (χ1) is 7.66. The van der Waals surface area contributed by atoms with Gasteiger partial charge in [-0.2, -0.15) is 0 Å². The van der Waals surface area contributed by atoms with Gasteiger partial charge in [0.15, 0.2) is 0 Å². The predicted octanol–water partition coefficient (Wildman–Crippen LogP) is 2.02. The van der Waals surface area contributed by atoms with Gasteiger partial charge >= 0.3 is 0 Å². The molecular formula is C12H21N3S. The van der Waals surface area contributed by atoms with E-state index in [0.717, 1.165) is 12.6 Å². The Hall–Kier alpha value is -0.450. The number of rotatable bonds is 4. The summed E-state index contributed by atoms with van der Waals surface area (Å²) >= 11 is 1.76. The fraction of sp³-hybridized carbons (Fsp3) is 0.750. The highest BCUT2D eigenvalue weighted by atomic mass is 32.1. The summed E-state index contributed by atoms with van der Waals surface area (Å²) in [5, 5.41) is 3.65. The standard InChI is InChI=1S/C12H21N3S/c1-9-12(16-8-14-9)7-13-10-4-5-11(6-10)15(2)3/h8,10-11,13H,4-7H2,1-3H3. The van der Waals surface area contributed by atoms with E-state index in [0.29, 0.717) is 6.04 Å². The molecule has 2 atom stereocenters. The highest BCUT2D eigenvalue weighted by molar-refractivity contribution is 7.09. The Balaban J connectivity index is 1.78. The third-order valence-corrected chi connectivity index (χ3v) is 4.47. The summed E-state index contributed by atoms with van der Waals surface area (Å²) in [5.41, 5.74) is 3.11. The van der Waals surface area contributed by atoms with Gasteiger partial charge in [0.25, 0.3) is 0 Å². The van der Waals surface area contributed by atoms with Crippen LogP contribution in [0.1, 0.15) is 29.8 Å². The lowest BCUT2D eigenvalue weighted by atomic mass is 10.2. The average molecular weight is 239 g/mol. The lowest BCUT2D eigenvalue weighted by Crippen LogP contribution is -2.30. The van der Waals surface area contributed by atoms with Crippen molar-refractivity contribution in [2.24, 2.45) is 0 Å². The van der Waals surface area contributed by atoms with E-state index in [2.05, 4.69) is 36.2 Å². The molecule has 3 nitrogen and oxygen atoms in total. The molecule has 4 heteroatoms. The smallest absolute Gasteiger partial charge is 0.0798 e. The van der Waals surface area contributed by atoms with Crippen molar-refractivity contribution >= 4 is 11.3 Å². The topological polar surface area (TPSA) is 28.2 Å². The van der Waals surface area contributed by atoms with Crippen LogP contribution in [0, 0.1) is 6.92 Å². The zero-order valence-electron chi connectivity index (χ0n) is 10.4. The van der Waals surface area contributed by atoms with E-state index in [-0.39, 0.29) is 0 Å². The van der Waals surface area contributed by atoms with Gasteiger partial charge in [0.1, 0.15) is 0 Å². The van der Waals surface area contributed by atoms with Gasteiger partial charge in [-0.15, -0.1) is 11.3 Å². The van der Waals surface area contributed by atoms with Gasteiger partial charge in [0.2, 0.25) is 0 Å². The van der Waals surface area contributed by atoms with Crippen molar-refractivity contribution < 1.29 is 0 Å². The summed E-state index contributed by atoms with van der Waals surface area (Å²) in [4.78, 5) is 8.00. The molecule has 90 valence electrons. The van der Waals surface area contributed by atoms with Crippen molar-refractivity contribution in [2.45, 2.75) is 44.8 Å². The van der Waals surface area contributed by atoms with E-state index < -0.39 is 0 Å². The number of aryl methyl sites for hydroxylation is 1. The summed E-state index contributed by atoms with van der Waals surface area (Å²) in [7, 11) is 4.36. The average Bonchev–Trinajstić information content (AvgIpc) is 2.83. The maximum Gasteiger partial charge on any atom is 0.0798 e. The van der Waals surface area contributed by atoms with E-state index >= 15 is 0 Å². The van der Waals surface area contributed by atoms with E-state index in [9.17, 15) is 0 Å². The molecule has 2 rings (SSSR count). The largest absolute Gasteiger partial charge is 0.309 e. The van der Waals surface area contributed by atoms with Gasteiger partial charge in [0, 0.05) is 23.5 Å². The molecule has 0 aliphatic heterocycles. The van der Waals surface area contributed by atoms with Crippen LogP contribution in [0.4, 0.5) is 0 Å². The van der Waals surface area contributed by atoms with Gasteiger partial charge in [-0.1, -0.05) is 0 Å². The first kappa shape index (κ1) is 12.0. The SMILES string of the molecule is Cc1ncsc1CNC1CCC(N(C)C)C1. The third-order valence-electron chi connectivity index (χ3n) is 3.53. The minimum Gasteiger partial charge on any atom is -0.309 e. The number of nitrogens with zero attached hydrogens (tertiary/aromatic N) is 2. The van der Waals surface area contributed by atoms with Crippen molar-refractivity contribution in [2.75, 3.05) is 14.1 Å². The second kappa shape index (κ2) is 5.25. The highest BCUT2D eigenvalue weighted by Gasteiger charge is 2.25. The van der Waals surface area contributed by atoms with Crippen molar-refractivity contribution in [3.63, 3.8) is 0 Å². The van der Waals surface area contributed by atoms with Crippen molar-refractivity contribution in [1.29, 1.82) is 0 Å². The first-order valence-corrected chi connectivity index (χ1v) is 6.83. The first-order valence-electron chi connectivity index (χ1n) is 5.95. The van der Waals surface area contributed by atoms with E-state index in [1.807, 2.05) is 5.51 Å². The molecule has 1 heterocycles. The van der Waals surface area contributed by atoms with Crippen LogP contribution in [0.2, 0.25) is 0 Å². The van der Waals surface area contributed by atoms with Crippen LogP contribution in [0.3, 0.4) is 0 Å². The fourth-order valence-corrected chi connectivity index (χ4v) is 3.07. The molecule has 1 fully saturated rings. The Morgan fingerprint density at radius 3 is 2.88 bits per heavy atom. The molecule has 1 N–H and O–H groups in total. The molecule has 1 aliphatic carbocycles. The van der Waals surface area contributed by atoms with Crippen LogP contribution < -0.4 is 5.32 Å². The Morgan fingerprint density at radius 2 is 2.31 bits per heavy atom. The minimum atomic E-state index is 0.689. The predicted molar refractivity (Wildman–Crippen MR) is 68.8 cm³/mol. The molecule has 16 heavy (non-hydrogen) atoms. The molecule has 1 aromatic rings. The van der Waals surface area contributed by atoms with E-state index in [1.165, 1.54) is 29.8 Å². The monoisotopic (exact) mass is 239 g/mol. The molecule has 1 saturated carbocycles. The number of hydrogen-bond acceptors (Lipinski definition) is 4. The molecule has 2 unspecified atom stereocenters. The van der Waals surface area contributed by atoms with Gasteiger partial charge in [0.05, 0.1) is 11.2 Å². The van der Waals surface area contributed by atoms with E-state index in [4.69, 9.17) is 0 Å². The van der Waals surface area contributed by atoms with Crippen LogP contribution >= 0.6 is 11.3 Å². The fourth-order valence-electron chi connectivity index (χ4n) is 2.35. The molecule has 0 spiro atoms. The number of thiazole rings is 1. The van der Waals surface area contributed by atoms with Crippen LogP contribution in [0.15, 0.2) is 5.51 Å². The van der Waals surface area contributed by atoms with Crippen molar-refractivity contribution in [3.8, 4) is 0 Å². The van der Waals surface area contributed by atoms with Crippen molar-refractivity contribution in [1.82, 2.24) is 15.2 Å². The summed E-state index contributed by atoms with van der Waals surface area (Å²) in [6.07, 6.45) is 3.91. The van der Waals surface area contributed by atoms with Gasteiger partial charge in [-0.3, -0.25) is 0 Å². The summed E-state index contributed by atoms with van der Waals surface area (Å²) in [5.74, 6) is 0. The molecule has 0 saturated heterocycles. The van der Waals surface area contributed by atoms with Crippen LogP contribution in [-0.4, -0.2) is 36.1 Å². The second-order valence-corrected chi connectivity index (χ2v) is 5.81. The Bertz CT molecular complexity index is 335. The number of aromatic nitrogens is 1. The van der Waals surface area contributed by atoms with Crippen LogP contribution in [-0.2, 0) is 6.54 Å². The Kier molecular flexibility index (Phi) is 3.95. The third kappa shape index (κ3) is 2.81. The molecule has 0 radical (unpaired) electrons. The molecule has 0 bridgehead atoms. The second-order valence-electron chi connectivity index (χ2n) is 4.87. The van der Waals surface area contributed by atoms with Gasteiger partial charge < -0.3 is 10.2 Å². The maximum absolute atomic E-state index is 4.28. The zero-order valence-corrected chi connectivity index (χ0v) is 11.2. The maximum atomic E-state index is 4.28. The molecule has 0 aromatic carbocycles. The summed E-state index contributed by atoms with van der Waals surface area (Å²) < 4.78 is 0.